The maximum absolute atomic E-state index is 13.5. The van der Waals surface area contributed by atoms with E-state index in [2.05, 4.69) is 0 Å². The van der Waals surface area contributed by atoms with Crippen molar-refractivity contribution in [3.63, 3.8) is 0 Å². The molecule has 0 aliphatic carbocycles. The van der Waals surface area contributed by atoms with Crippen molar-refractivity contribution in [1.82, 2.24) is 4.90 Å². The molecule has 1 unspecified atom stereocenters. The predicted molar refractivity (Wildman–Crippen MR) is 150 cm³/mol. The largest absolute Gasteiger partial charge is 0.508 e. The van der Waals surface area contributed by atoms with Crippen molar-refractivity contribution in [3.05, 3.63) is 99.6 Å². The van der Waals surface area contributed by atoms with E-state index in [4.69, 9.17) is 9.47 Å². The highest BCUT2D eigenvalue weighted by atomic mass is 16.5. The van der Waals surface area contributed by atoms with Crippen LogP contribution in [0, 0.1) is 6.92 Å². The van der Waals surface area contributed by atoms with Gasteiger partial charge >= 0.3 is 5.97 Å². The zero-order chi connectivity index (χ0) is 29.1. The Labute approximate surface area is 233 Å². The van der Waals surface area contributed by atoms with Gasteiger partial charge in [-0.25, -0.2) is 4.79 Å². The molecule has 1 aliphatic rings. The Balaban J connectivity index is 1.83. The maximum atomic E-state index is 13.5. The molecule has 0 radical (unpaired) electrons. The van der Waals surface area contributed by atoms with Gasteiger partial charge in [0.1, 0.15) is 17.3 Å². The van der Waals surface area contributed by atoms with Crippen molar-refractivity contribution < 1.29 is 34.1 Å². The third-order valence-corrected chi connectivity index (χ3v) is 7.02. The normalized spacial score (nSPS) is 16.4. The van der Waals surface area contributed by atoms with Crippen LogP contribution in [0.4, 0.5) is 0 Å². The van der Waals surface area contributed by atoms with E-state index in [0.717, 1.165) is 5.56 Å². The molecule has 1 saturated heterocycles. The van der Waals surface area contributed by atoms with Crippen LogP contribution in [0.2, 0.25) is 0 Å². The Morgan fingerprint density at radius 3 is 2.25 bits per heavy atom. The zero-order valence-corrected chi connectivity index (χ0v) is 23.2. The summed E-state index contributed by atoms with van der Waals surface area (Å²) in [6, 6.07) is 15.5. The summed E-state index contributed by atoms with van der Waals surface area (Å²) < 4.78 is 10.6. The molecule has 4 rings (SSSR count). The molecule has 0 spiro atoms. The average molecular weight is 544 g/mol. The summed E-state index contributed by atoms with van der Waals surface area (Å²) in [5.74, 6) is -1.51. The molecule has 1 aliphatic heterocycles. The van der Waals surface area contributed by atoms with E-state index < -0.39 is 23.7 Å². The number of hydrogen-bond donors (Lipinski definition) is 2. The lowest BCUT2D eigenvalue weighted by Gasteiger charge is -2.26. The molecule has 1 fully saturated rings. The monoisotopic (exact) mass is 543 g/mol. The first kappa shape index (κ1) is 28.4. The maximum Gasteiger partial charge on any atom is 0.338 e. The number of Topliss-reactive ketones (excluding diaryl/α,β-unsaturated/α-hetero) is 1. The van der Waals surface area contributed by atoms with Gasteiger partial charge in [0.2, 0.25) is 0 Å². The number of benzene rings is 3. The van der Waals surface area contributed by atoms with Crippen LogP contribution in [0.1, 0.15) is 70.9 Å². The van der Waals surface area contributed by atoms with Crippen LogP contribution in [0.3, 0.4) is 0 Å². The number of carbonyl (C=O) groups excluding carboxylic acids is 3. The van der Waals surface area contributed by atoms with Gasteiger partial charge in [0.05, 0.1) is 30.9 Å². The van der Waals surface area contributed by atoms with E-state index in [-0.39, 0.29) is 36.2 Å². The predicted octanol–water partition coefficient (Wildman–Crippen LogP) is 5.63. The van der Waals surface area contributed by atoms with Gasteiger partial charge in [0.25, 0.3) is 11.7 Å². The number of ketones is 1. The number of methoxy groups -OCH3 is 1. The molecule has 1 heterocycles. The molecule has 208 valence electrons. The van der Waals surface area contributed by atoms with Crippen LogP contribution in [0.5, 0.6) is 11.5 Å². The smallest absolute Gasteiger partial charge is 0.338 e. The SMILES string of the molecule is CCOC(=O)c1ccc(CN2C(=O)C(=O)/C(=C(/O)c3cc(C(C)C)c(OC)cc3C)C2c2ccc(O)cc2)cc1. The molecule has 0 bridgehead atoms. The standard InChI is InChI=1S/C32H33NO7/c1-6-40-32(38)22-9-7-20(8-10-22)17-33-28(21-11-13-23(34)14-12-21)27(30(36)31(33)37)29(35)25-16-24(18(2)3)26(39-5)15-19(25)4/h7-16,18,28,34-35H,6,17H2,1-5H3/b29-27+. The Bertz CT molecular complexity index is 1470. The Hall–Kier alpha value is -4.59. The summed E-state index contributed by atoms with van der Waals surface area (Å²) >= 11 is 0. The highest BCUT2D eigenvalue weighted by Crippen LogP contribution is 2.42. The van der Waals surface area contributed by atoms with Gasteiger partial charge in [-0.2, -0.15) is 0 Å². The fourth-order valence-electron chi connectivity index (χ4n) is 4.93. The number of aromatic hydroxyl groups is 1. The number of likely N-dealkylation sites (tertiary alicyclic amines) is 1. The van der Waals surface area contributed by atoms with Gasteiger partial charge in [-0.1, -0.05) is 38.1 Å². The first-order valence-corrected chi connectivity index (χ1v) is 13.1. The van der Waals surface area contributed by atoms with Crippen LogP contribution in [-0.2, 0) is 20.9 Å². The van der Waals surface area contributed by atoms with Crippen LogP contribution in [0.15, 0.2) is 66.2 Å². The fourth-order valence-corrected chi connectivity index (χ4v) is 4.93. The van der Waals surface area contributed by atoms with Gasteiger partial charge in [-0.3, -0.25) is 9.59 Å². The van der Waals surface area contributed by atoms with E-state index in [1.165, 1.54) is 17.0 Å². The highest BCUT2D eigenvalue weighted by molar-refractivity contribution is 6.46. The highest BCUT2D eigenvalue weighted by Gasteiger charge is 2.46. The van der Waals surface area contributed by atoms with Crippen LogP contribution >= 0.6 is 0 Å². The molecular formula is C32H33NO7. The second-order valence-corrected chi connectivity index (χ2v) is 10.00. The lowest BCUT2D eigenvalue weighted by molar-refractivity contribution is -0.140. The number of nitrogens with zero attached hydrogens (tertiary/aromatic N) is 1. The van der Waals surface area contributed by atoms with Crippen molar-refractivity contribution in [3.8, 4) is 11.5 Å². The Morgan fingerprint density at radius 1 is 1.02 bits per heavy atom. The van der Waals surface area contributed by atoms with Gasteiger partial charge in [-0.05, 0) is 78.4 Å². The molecule has 0 aromatic heterocycles. The summed E-state index contributed by atoms with van der Waals surface area (Å²) in [5, 5.41) is 21.5. The van der Waals surface area contributed by atoms with Gasteiger partial charge in [-0.15, -0.1) is 0 Å². The van der Waals surface area contributed by atoms with E-state index in [0.29, 0.717) is 33.6 Å². The molecule has 8 heteroatoms. The van der Waals surface area contributed by atoms with Crippen molar-refractivity contribution in [2.45, 2.75) is 46.2 Å². The summed E-state index contributed by atoms with van der Waals surface area (Å²) in [6.07, 6.45) is 0. The molecule has 0 saturated carbocycles. The minimum atomic E-state index is -0.908. The minimum Gasteiger partial charge on any atom is -0.508 e. The lowest BCUT2D eigenvalue weighted by atomic mass is 9.91. The van der Waals surface area contributed by atoms with Crippen molar-refractivity contribution in [2.24, 2.45) is 0 Å². The summed E-state index contributed by atoms with van der Waals surface area (Å²) in [4.78, 5) is 40.4. The summed E-state index contributed by atoms with van der Waals surface area (Å²) in [7, 11) is 1.58. The van der Waals surface area contributed by atoms with Crippen LogP contribution in [0.25, 0.3) is 5.76 Å². The number of carbonyl (C=O) groups is 3. The summed E-state index contributed by atoms with van der Waals surface area (Å²) in [6.45, 7) is 7.83. The first-order valence-electron chi connectivity index (χ1n) is 13.1. The number of aryl methyl sites for hydroxylation is 1. The van der Waals surface area contributed by atoms with E-state index >= 15 is 0 Å². The van der Waals surface area contributed by atoms with E-state index in [1.807, 2.05) is 13.8 Å². The van der Waals surface area contributed by atoms with Crippen LogP contribution in [-0.4, -0.2) is 46.5 Å². The number of esters is 1. The van der Waals surface area contributed by atoms with Crippen LogP contribution < -0.4 is 4.74 Å². The van der Waals surface area contributed by atoms with E-state index in [1.54, 1.807) is 69.5 Å². The molecule has 3 aromatic rings. The second-order valence-electron chi connectivity index (χ2n) is 10.00. The quantitative estimate of drug-likeness (QED) is 0.164. The van der Waals surface area contributed by atoms with Gasteiger partial charge < -0.3 is 24.6 Å². The molecule has 2 N–H and O–H groups in total. The van der Waals surface area contributed by atoms with E-state index in [9.17, 15) is 24.6 Å². The molecule has 1 amide bonds. The third-order valence-electron chi connectivity index (χ3n) is 7.02. The van der Waals surface area contributed by atoms with Gasteiger partial charge in [0.15, 0.2) is 0 Å². The Morgan fingerprint density at radius 2 is 1.68 bits per heavy atom. The summed E-state index contributed by atoms with van der Waals surface area (Å²) in [5.41, 5.74) is 3.54. The number of hydrogen-bond acceptors (Lipinski definition) is 7. The molecule has 1 atom stereocenters. The number of aliphatic hydroxyl groups excluding tert-OH is 1. The Kier molecular flexibility index (Phi) is 8.28. The van der Waals surface area contributed by atoms with Crippen molar-refractivity contribution >= 4 is 23.4 Å². The van der Waals surface area contributed by atoms with Crippen molar-refractivity contribution in [1.29, 1.82) is 0 Å². The number of phenols is 1. The number of ether oxygens (including phenoxy) is 2. The topological polar surface area (TPSA) is 113 Å². The fraction of sp³-hybridized carbons (Fsp3) is 0.281. The number of rotatable bonds is 8. The minimum absolute atomic E-state index is 0.0304. The lowest BCUT2D eigenvalue weighted by Crippen LogP contribution is -2.29. The third kappa shape index (κ3) is 5.43. The average Bonchev–Trinajstić information content (AvgIpc) is 3.18. The second kappa shape index (κ2) is 11.7. The zero-order valence-electron chi connectivity index (χ0n) is 23.2. The number of aliphatic hydroxyl groups is 1. The van der Waals surface area contributed by atoms with Crippen molar-refractivity contribution in [2.75, 3.05) is 13.7 Å². The van der Waals surface area contributed by atoms with Gasteiger partial charge in [0, 0.05) is 12.1 Å². The number of phenolic OH excluding ortho intramolecular Hbond substituents is 1. The molecule has 3 aromatic carbocycles. The number of amides is 1. The molecule has 40 heavy (non-hydrogen) atoms. The molecular weight excluding hydrogens is 510 g/mol. The first-order chi connectivity index (χ1) is 19.1. The molecule has 8 nitrogen and oxygen atoms in total.